The van der Waals surface area contributed by atoms with Gasteiger partial charge in [-0.25, -0.2) is 0 Å². The van der Waals surface area contributed by atoms with E-state index in [1.165, 1.54) is 5.56 Å². The first-order chi connectivity index (χ1) is 6.34. The van der Waals surface area contributed by atoms with Crippen molar-refractivity contribution in [1.29, 1.82) is 0 Å². The molecule has 1 fully saturated rings. The average molecular weight is 177 g/mol. The molecule has 2 rings (SSSR count). The van der Waals surface area contributed by atoms with Gasteiger partial charge in [0.15, 0.2) is 0 Å². The van der Waals surface area contributed by atoms with Gasteiger partial charge in [-0.15, -0.1) is 0 Å². The Morgan fingerprint density at radius 3 is 2.54 bits per heavy atom. The van der Waals surface area contributed by atoms with E-state index in [4.69, 9.17) is 5.11 Å². The number of benzene rings is 1. The Bertz CT molecular complexity index is 254. The molecule has 1 aliphatic rings. The summed E-state index contributed by atoms with van der Waals surface area (Å²) in [4.78, 5) is 0. The molecule has 0 unspecified atom stereocenters. The largest absolute Gasteiger partial charge is 0.393 e. The second-order valence-electron chi connectivity index (χ2n) is 3.69. The molecule has 0 aliphatic heterocycles. The van der Waals surface area contributed by atoms with Gasteiger partial charge < -0.3 is 10.4 Å². The van der Waals surface area contributed by atoms with Crippen molar-refractivity contribution in [1.82, 2.24) is 5.32 Å². The third-order valence-electron chi connectivity index (χ3n) is 2.55. The summed E-state index contributed by atoms with van der Waals surface area (Å²) in [5, 5.41) is 12.5. The van der Waals surface area contributed by atoms with Gasteiger partial charge in [0.1, 0.15) is 0 Å². The summed E-state index contributed by atoms with van der Waals surface area (Å²) in [6.07, 6.45) is 1.76. The third-order valence-corrected chi connectivity index (χ3v) is 2.55. The van der Waals surface area contributed by atoms with Gasteiger partial charge in [0.2, 0.25) is 0 Å². The molecule has 2 nitrogen and oxygen atoms in total. The molecular formula is C11H15NO. The normalized spacial score (nSPS) is 26.8. The molecule has 0 saturated heterocycles. The van der Waals surface area contributed by atoms with Crippen LogP contribution in [-0.2, 0) is 6.54 Å². The second kappa shape index (κ2) is 3.90. The van der Waals surface area contributed by atoms with Crippen LogP contribution in [-0.4, -0.2) is 17.3 Å². The van der Waals surface area contributed by atoms with E-state index in [2.05, 4.69) is 17.4 Å². The van der Waals surface area contributed by atoms with Crippen LogP contribution in [0.2, 0.25) is 0 Å². The van der Waals surface area contributed by atoms with E-state index < -0.39 is 0 Å². The van der Waals surface area contributed by atoms with Gasteiger partial charge in [-0.05, 0) is 18.4 Å². The third kappa shape index (κ3) is 2.29. The Morgan fingerprint density at radius 1 is 1.23 bits per heavy atom. The van der Waals surface area contributed by atoms with Crippen LogP contribution in [0.25, 0.3) is 0 Å². The Balaban J connectivity index is 1.74. The van der Waals surface area contributed by atoms with Crippen LogP contribution in [0, 0.1) is 0 Å². The number of aliphatic hydroxyl groups is 1. The summed E-state index contributed by atoms with van der Waals surface area (Å²) in [7, 11) is 0. The van der Waals surface area contributed by atoms with Crippen molar-refractivity contribution in [2.45, 2.75) is 31.5 Å². The highest BCUT2D eigenvalue weighted by atomic mass is 16.3. The van der Waals surface area contributed by atoms with Gasteiger partial charge >= 0.3 is 0 Å². The van der Waals surface area contributed by atoms with Gasteiger partial charge in [-0.1, -0.05) is 30.3 Å². The molecule has 2 heteroatoms. The molecule has 0 spiro atoms. The van der Waals surface area contributed by atoms with Gasteiger partial charge in [-0.3, -0.25) is 0 Å². The number of hydrogen-bond acceptors (Lipinski definition) is 2. The molecule has 0 amide bonds. The number of rotatable bonds is 3. The summed E-state index contributed by atoms with van der Waals surface area (Å²) in [5.74, 6) is 0. The first kappa shape index (κ1) is 8.73. The quantitative estimate of drug-likeness (QED) is 0.729. The van der Waals surface area contributed by atoms with Crippen LogP contribution in [0.5, 0.6) is 0 Å². The summed E-state index contributed by atoms with van der Waals surface area (Å²) >= 11 is 0. The lowest BCUT2D eigenvalue weighted by molar-refractivity contribution is 0.0619. The van der Waals surface area contributed by atoms with E-state index in [1.807, 2.05) is 18.2 Å². The minimum Gasteiger partial charge on any atom is -0.393 e. The molecule has 70 valence electrons. The SMILES string of the molecule is OC1CC(NCc2ccccc2)C1. The van der Waals surface area contributed by atoms with Gasteiger partial charge in [0, 0.05) is 12.6 Å². The summed E-state index contributed by atoms with van der Waals surface area (Å²) < 4.78 is 0. The van der Waals surface area contributed by atoms with Crippen molar-refractivity contribution in [3.05, 3.63) is 35.9 Å². The second-order valence-corrected chi connectivity index (χ2v) is 3.69. The molecule has 1 aliphatic carbocycles. The predicted octanol–water partition coefficient (Wildman–Crippen LogP) is 1.30. The number of aliphatic hydroxyl groups excluding tert-OH is 1. The van der Waals surface area contributed by atoms with Crippen LogP contribution in [0.1, 0.15) is 18.4 Å². The number of hydrogen-bond donors (Lipinski definition) is 2. The summed E-state index contributed by atoms with van der Waals surface area (Å²) in [6, 6.07) is 10.9. The molecule has 0 radical (unpaired) electrons. The molecule has 1 aromatic carbocycles. The fraction of sp³-hybridized carbons (Fsp3) is 0.455. The summed E-state index contributed by atoms with van der Waals surface area (Å²) in [6.45, 7) is 0.915. The Hall–Kier alpha value is -0.860. The first-order valence-corrected chi connectivity index (χ1v) is 4.80. The smallest absolute Gasteiger partial charge is 0.0570 e. The predicted molar refractivity (Wildman–Crippen MR) is 52.3 cm³/mol. The van der Waals surface area contributed by atoms with E-state index >= 15 is 0 Å². The zero-order valence-corrected chi connectivity index (χ0v) is 7.61. The summed E-state index contributed by atoms with van der Waals surface area (Å²) in [5.41, 5.74) is 1.31. The van der Waals surface area contributed by atoms with Crippen molar-refractivity contribution >= 4 is 0 Å². The van der Waals surface area contributed by atoms with Crippen molar-refractivity contribution in [3.63, 3.8) is 0 Å². The van der Waals surface area contributed by atoms with Crippen LogP contribution < -0.4 is 5.32 Å². The average Bonchev–Trinajstić information content (AvgIpc) is 2.12. The lowest BCUT2D eigenvalue weighted by Gasteiger charge is -2.32. The highest BCUT2D eigenvalue weighted by molar-refractivity contribution is 5.14. The maximum absolute atomic E-state index is 9.08. The van der Waals surface area contributed by atoms with E-state index in [9.17, 15) is 0 Å². The zero-order chi connectivity index (χ0) is 9.10. The minimum absolute atomic E-state index is 0.0618. The fourth-order valence-corrected chi connectivity index (χ4v) is 1.61. The molecule has 0 heterocycles. The zero-order valence-electron chi connectivity index (χ0n) is 7.61. The Morgan fingerprint density at radius 2 is 1.92 bits per heavy atom. The van der Waals surface area contributed by atoms with Crippen LogP contribution >= 0.6 is 0 Å². The molecule has 2 N–H and O–H groups in total. The molecule has 1 saturated carbocycles. The van der Waals surface area contributed by atoms with E-state index in [1.54, 1.807) is 0 Å². The molecule has 1 aromatic rings. The van der Waals surface area contributed by atoms with Crippen molar-refractivity contribution in [2.24, 2.45) is 0 Å². The molecular weight excluding hydrogens is 162 g/mol. The minimum atomic E-state index is -0.0618. The lowest BCUT2D eigenvalue weighted by atomic mass is 9.89. The maximum Gasteiger partial charge on any atom is 0.0570 e. The van der Waals surface area contributed by atoms with E-state index in [0.29, 0.717) is 6.04 Å². The maximum atomic E-state index is 9.08. The van der Waals surface area contributed by atoms with Crippen molar-refractivity contribution in [2.75, 3.05) is 0 Å². The molecule has 0 bridgehead atoms. The van der Waals surface area contributed by atoms with Crippen LogP contribution in [0.4, 0.5) is 0 Å². The highest BCUT2D eigenvalue weighted by Gasteiger charge is 2.26. The van der Waals surface area contributed by atoms with Gasteiger partial charge in [0.25, 0.3) is 0 Å². The van der Waals surface area contributed by atoms with Crippen molar-refractivity contribution in [3.8, 4) is 0 Å². The highest BCUT2D eigenvalue weighted by Crippen LogP contribution is 2.19. The molecule has 13 heavy (non-hydrogen) atoms. The first-order valence-electron chi connectivity index (χ1n) is 4.80. The Labute approximate surface area is 78.6 Å². The van der Waals surface area contributed by atoms with Crippen LogP contribution in [0.3, 0.4) is 0 Å². The molecule has 0 aromatic heterocycles. The topological polar surface area (TPSA) is 32.3 Å². The fourth-order valence-electron chi connectivity index (χ4n) is 1.61. The van der Waals surface area contributed by atoms with Gasteiger partial charge in [0.05, 0.1) is 6.10 Å². The Kier molecular flexibility index (Phi) is 2.62. The molecule has 0 atom stereocenters. The van der Waals surface area contributed by atoms with E-state index in [0.717, 1.165) is 19.4 Å². The lowest BCUT2D eigenvalue weighted by Crippen LogP contribution is -2.43. The van der Waals surface area contributed by atoms with Gasteiger partial charge in [-0.2, -0.15) is 0 Å². The number of nitrogens with one attached hydrogen (secondary N) is 1. The van der Waals surface area contributed by atoms with E-state index in [-0.39, 0.29) is 6.10 Å². The van der Waals surface area contributed by atoms with Crippen LogP contribution in [0.15, 0.2) is 30.3 Å². The monoisotopic (exact) mass is 177 g/mol. The van der Waals surface area contributed by atoms with Crippen molar-refractivity contribution < 1.29 is 5.11 Å². The standard InChI is InChI=1S/C11H15NO/c13-11-6-10(7-11)12-8-9-4-2-1-3-5-9/h1-5,10-13H,6-8H2.